The molecule has 0 fully saturated rings. The first-order chi connectivity index (χ1) is 11.7. The standard InChI is InChI=1S/C21H42O3/c1-2-3-4-5-6-7-8-9-10-11-12-13-14-15-16-17-18-19-20(22)21(23)24/h21,23-24H,2-19H2,1H3. The number of ketones is 1. The van der Waals surface area contributed by atoms with Gasteiger partial charge in [0.05, 0.1) is 0 Å². The molecule has 3 heteroatoms. The van der Waals surface area contributed by atoms with Gasteiger partial charge in [0, 0.05) is 6.42 Å². The van der Waals surface area contributed by atoms with Crippen LogP contribution in [0.25, 0.3) is 0 Å². The fourth-order valence-corrected chi connectivity index (χ4v) is 3.15. The number of rotatable bonds is 19. The Morgan fingerprint density at radius 3 is 1.17 bits per heavy atom. The van der Waals surface area contributed by atoms with Crippen molar-refractivity contribution in [2.24, 2.45) is 0 Å². The molecule has 144 valence electrons. The third kappa shape index (κ3) is 17.9. The van der Waals surface area contributed by atoms with E-state index in [1.165, 1.54) is 89.9 Å². The molecule has 0 radical (unpaired) electrons. The number of hydrogen-bond donors (Lipinski definition) is 2. The van der Waals surface area contributed by atoms with Crippen LogP contribution >= 0.6 is 0 Å². The number of carbonyl (C=O) groups excluding carboxylic acids is 1. The van der Waals surface area contributed by atoms with Crippen LogP contribution in [0.1, 0.15) is 122 Å². The lowest BCUT2D eigenvalue weighted by Gasteiger charge is -2.04. The molecule has 0 aromatic carbocycles. The van der Waals surface area contributed by atoms with Gasteiger partial charge in [-0.15, -0.1) is 0 Å². The lowest BCUT2D eigenvalue weighted by molar-refractivity contribution is -0.145. The monoisotopic (exact) mass is 342 g/mol. The van der Waals surface area contributed by atoms with Gasteiger partial charge >= 0.3 is 0 Å². The van der Waals surface area contributed by atoms with Crippen LogP contribution in [0.4, 0.5) is 0 Å². The molecule has 0 aliphatic rings. The normalized spacial score (nSPS) is 11.3. The number of unbranched alkanes of at least 4 members (excludes halogenated alkanes) is 16. The van der Waals surface area contributed by atoms with Gasteiger partial charge in [0.2, 0.25) is 6.29 Å². The van der Waals surface area contributed by atoms with Gasteiger partial charge < -0.3 is 10.2 Å². The van der Waals surface area contributed by atoms with Gasteiger partial charge in [-0.1, -0.05) is 110 Å². The zero-order valence-corrected chi connectivity index (χ0v) is 16.1. The lowest BCUT2D eigenvalue weighted by atomic mass is 10.0. The Morgan fingerprint density at radius 2 is 0.875 bits per heavy atom. The second-order valence-corrected chi connectivity index (χ2v) is 7.25. The van der Waals surface area contributed by atoms with Crippen molar-refractivity contribution in [1.29, 1.82) is 0 Å². The summed E-state index contributed by atoms with van der Waals surface area (Å²) in [4.78, 5) is 11.0. The van der Waals surface area contributed by atoms with Crippen LogP contribution in [0.15, 0.2) is 0 Å². The first-order valence-corrected chi connectivity index (χ1v) is 10.6. The summed E-state index contributed by atoms with van der Waals surface area (Å²) in [5.41, 5.74) is 0. The molecule has 0 heterocycles. The predicted molar refractivity (Wildman–Crippen MR) is 102 cm³/mol. The van der Waals surface area contributed by atoms with Gasteiger partial charge in [0.15, 0.2) is 5.78 Å². The summed E-state index contributed by atoms with van der Waals surface area (Å²) < 4.78 is 0. The molecule has 0 rings (SSSR count). The largest absolute Gasteiger partial charge is 0.362 e. The van der Waals surface area contributed by atoms with Crippen molar-refractivity contribution in [3.8, 4) is 0 Å². The highest BCUT2D eigenvalue weighted by Gasteiger charge is 2.09. The van der Waals surface area contributed by atoms with Gasteiger partial charge in [-0.25, -0.2) is 0 Å². The van der Waals surface area contributed by atoms with Crippen molar-refractivity contribution < 1.29 is 15.0 Å². The van der Waals surface area contributed by atoms with Crippen molar-refractivity contribution in [3.05, 3.63) is 0 Å². The van der Waals surface area contributed by atoms with Crippen molar-refractivity contribution in [2.75, 3.05) is 0 Å². The molecular weight excluding hydrogens is 300 g/mol. The average molecular weight is 343 g/mol. The number of hydrogen-bond acceptors (Lipinski definition) is 3. The fraction of sp³-hybridized carbons (Fsp3) is 0.952. The maximum atomic E-state index is 11.0. The van der Waals surface area contributed by atoms with Crippen molar-refractivity contribution in [2.45, 2.75) is 129 Å². The maximum absolute atomic E-state index is 11.0. The van der Waals surface area contributed by atoms with Crippen LogP contribution in [-0.4, -0.2) is 22.3 Å². The van der Waals surface area contributed by atoms with E-state index in [4.69, 9.17) is 10.2 Å². The minimum absolute atomic E-state index is 0.302. The van der Waals surface area contributed by atoms with Gasteiger partial charge in [0.25, 0.3) is 0 Å². The molecule has 0 atom stereocenters. The van der Waals surface area contributed by atoms with Crippen molar-refractivity contribution in [1.82, 2.24) is 0 Å². The predicted octanol–water partition coefficient (Wildman–Crippen LogP) is 5.91. The Bertz CT molecular complexity index is 264. The highest BCUT2D eigenvalue weighted by molar-refractivity contribution is 5.81. The first kappa shape index (κ1) is 23.6. The molecule has 0 saturated heterocycles. The summed E-state index contributed by atoms with van der Waals surface area (Å²) >= 11 is 0. The molecular formula is C21H42O3. The van der Waals surface area contributed by atoms with E-state index in [0.29, 0.717) is 6.42 Å². The molecule has 0 bridgehead atoms. The first-order valence-electron chi connectivity index (χ1n) is 10.6. The average Bonchev–Trinajstić information content (AvgIpc) is 2.57. The molecule has 0 aliphatic carbocycles. The summed E-state index contributed by atoms with van der Waals surface area (Å²) in [6, 6.07) is 0. The van der Waals surface area contributed by atoms with Crippen molar-refractivity contribution >= 4 is 5.78 Å². The molecule has 24 heavy (non-hydrogen) atoms. The van der Waals surface area contributed by atoms with Crippen LogP contribution in [0.3, 0.4) is 0 Å². The van der Waals surface area contributed by atoms with Crippen molar-refractivity contribution in [3.63, 3.8) is 0 Å². The van der Waals surface area contributed by atoms with E-state index >= 15 is 0 Å². The van der Waals surface area contributed by atoms with Crippen LogP contribution in [0.5, 0.6) is 0 Å². The molecule has 2 N–H and O–H groups in total. The van der Waals surface area contributed by atoms with E-state index in [9.17, 15) is 4.79 Å². The fourth-order valence-electron chi connectivity index (χ4n) is 3.15. The second kappa shape index (κ2) is 18.9. The smallest absolute Gasteiger partial charge is 0.212 e. The molecule has 0 amide bonds. The SMILES string of the molecule is CCCCCCCCCCCCCCCCCCCC(=O)C(O)O. The number of aliphatic hydroxyl groups excluding tert-OH is 1. The highest BCUT2D eigenvalue weighted by atomic mass is 16.5. The summed E-state index contributed by atoms with van der Waals surface area (Å²) in [5, 5.41) is 17.3. The Labute approximate surface area is 150 Å². The number of Topliss-reactive ketones (excluding diaryl/α,β-unsaturated/α-hetero) is 1. The van der Waals surface area contributed by atoms with E-state index in [2.05, 4.69) is 6.92 Å². The zero-order chi connectivity index (χ0) is 17.9. The molecule has 3 nitrogen and oxygen atoms in total. The van der Waals surface area contributed by atoms with Gasteiger partial charge in [-0.2, -0.15) is 0 Å². The Kier molecular flexibility index (Phi) is 18.6. The molecule has 0 aliphatic heterocycles. The van der Waals surface area contributed by atoms with E-state index < -0.39 is 12.1 Å². The topological polar surface area (TPSA) is 57.5 Å². The summed E-state index contributed by atoms with van der Waals surface area (Å²) in [5.74, 6) is -0.448. The Morgan fingerprint density at radius 1 is 0.583 bits per heavy atom. The van der Waals surface area contributed by atoms with E-state index in [-0.39, 0.29) is 0 Å². The third-order valence-electron chi connectivity index (χ3n) is 4.81. The summed E-state index contributed by atoms with van der Waals surface area (Å²) in [7, 11) is 0. The second-order valence-electron chi connectivity index (χ2n) is 7.25. The number of carbonyl (C=O) groups is 1. The highest BCUT2D eigenvalue weighted by Crippen LogP contribution is 2.14. The quantitative estimate of drug-likeness (QED) is 0.227. The molecule has 0 saturated carbocycles. The summed E-state index contributed by atoms with van der Waals surface area (Å²) in [6.07, 6.45) is 20.8. The zero-order valence-electron chi connectivity index (χ0n) is 16.1. The molecule has 0 aromatic rings. The lowest BCUT2D eigenvalue weighted by Crippen LogP contribution is -2.18. The van der Waals surface area contributed by atoms with Gasteiger partial charge in [-0.3, -0.25) is 4.79 Å². The number of aliphatic hydroxyl groups is 2. The van der Waals surface area contributed by atoms with Crippen LogP contribution < -0.4 is 0 Å². The Balaban J connectivity index is 3.04. The Hall–Kier alpha value is -0.410. The molecule has 0 spiro atoms. The van der Waals surface area contributed by atoms with Gasteiger partial charge in [-0.05, 0) is 6.42 Å². The maximum Gasteiger partial charge on any atom is 0.212 e. The van der Waals surface area contributed by atoms with E-state index in [0.717, 1.165) is 19.3 Å². The van der Waals surface area contributed by atoms with Crippen LogP contribution in [0.2, 0.25) is 0 Å². The van der Waals surface area contributed by atoms with E-state index in [1.807, 2.05) is 0 Å². The molecule has 0 aromatic heterocycles. The third-order valence-corrected chi connectivity index (χ3v) is 4.81. The minimum Gasteiger partial charge on any atom is -0.362 e. The van der Waals surface area contributed by atoms with Gasteiger partial charge in [0.1, 0.15) is 0 Å². The van der Waals surface area contributed by atoms with Crippen LogP contribution in [0, 0.1) is 0 Å². The summed E-state index contributed by atoms with van der Waals surface area (Å²) in [6.45, 7) is 2.27. The van der Waals surface area contributed by atoms with Crippen LogP contribution in [-0.2, 0) is 4.79 Å². The minimum atomic E-state index is -1.77. The van der Waals surface area contributed by atoms with E-state index in [1.54, 1.807) is 0 Å². The molecule has 0 unspecified atom stereocenters.